The smallest absolute Gasteiger partial charge is 0.308 e. The standard InChI is InChI=1S/C16H19NO3/c18-16(19)13-8-11-5-6-14(13)17(11)9-12-7-10-3-1-2-4-15(10)20-12/h1-4,11-14H,5-9H2,(H,18,19). The molecule has 3 aliphatic heterocycles. The van der Waals surface area contributed by atoms with E-state index in [1.54, 1.807) is 0 Å². The number of nitrogens with zero attached hydrogens (tertiary/aromatic N) is 1. The van der Waals surface area contributed by atoms with Crippen molar-refractivity contribution in [2.45, 2.75) is 43.9 Å². The third kappa shape index (κ3) is 1.82. The van der Waals surface area contributed by atoms with E-state index in [4.69, 9.17) is 4.74 Å². The first kappa shape index (κ1) is 12.2. The van der Waals surface area contributed by atoms with E-state index >= 15 is 0 Å². The lowest BCUT2D eigenvalue weighted by Crippen LogP contribution is -2.39. The van der Waals surface area contributed by atoms with E-state index in [-0.39, 0.29) is 18.1 Å². The molecule has 0 aliphatic carbocycles. The molecule has 0 saturated carbocycles. The topological polar surface area (TPSA) is 49.8 Å². The van der Waals surface area contributed by atoms with Crippen molar-refractivity contribution in [3.63, 3.8) is 0 Å². The highest BCUT2D eigenvalue weighted by Gasteiger charge is 2.49. The zero-order valence-corrected chi connectivity index (χ0v) is 11.4. The first-order valence-electron chi connectivity index (χ1n) is 7.45. The lowest BCUT2D eigenvalue weighted by atomic mass is 9.89. The number of fused-ring (bicyclic) bond motifs is 3. The molecule has 0 amide bonds. The van der Waals surface area contributed by atoms with Crippen LogP contribution in [0.1, 0.15) is 24.8 Å². The lowest BCUT2D eigenvalue weighted by Gasteiger charge is -2.25. The summed E-state index contributed by atoms with van der Waals surface area (Å²) in [6.45, 7) is 0.869. The minimum absolute atomic E-state index is 0.169. The number of para-hydroxylation sites is 1. The first-order chi connectivity index (χ1) is 9.72. The Kier molecular flexibility index (Phi) is 2.74. The van der Waals surface area contributed by atoms with Crippen LogP contribution in [0.3, 0.4) is 0 Å². The van der Waals surface area contributed by atoms with Gasteiger partial charge in [-0.15, -0.1) is 0 Å². The number of aliphatic carboxylic acids is 1. The van der Waals surface area contributed by atoms with Gasteiger partial charge in [-0.1, -0.05) is 18.2 Å². The third-order valence-electron chi connectivity index (χ3n) is 5.13. The van der Waals surface area contributed by atoms with E-state index in [1.165, 1.54) is 5.56 Å². The van der Waals surface area contributed by atoms with Crippen molar-refractivity contribution in [1.82, 2.24) is 4.90 Å². The average molecular weight is 273 g/mol. The summed E-state index contributed by atoms with van der Waals surface area (Å²) in [6.07, 6.45) is 4.13. The van der Waals surface area contributed by atoms with Crippen molar-refractivity contribution in [2.24, 2.45) is 5.92 Å². The lowest BCUT2D eigenvalue weighted by molar-refractivity contribution is -0.142. The summed E-state index contributed by atoms with van der Waals surface area (Å²) in [5, 5.41) is 9.30. The molecule has 106 valence electrons. The quantitative estimate of drug-likeness (QED) is 0.914. The Hall–Kier alpha value is -1.55. The molecule has 1 aromatic rings. The van der Waals surface area contributed by atoms with E-state index in [9.17, 15) is 9.90 Å². The molecule has 4 rings (SSSR count). The maximum Gasteiger partial charge on any atom is 0.308 e. The molecular formula is C16H19NO3. The van der Waals surface area contributed by atoms with Gasteiger partial charge in [0.1, 0.15) is 11.9 Å². The zero-order valence-electron chi connectivity index (χ0n) is 11.4. The Morgan fingerprint density at radius 3 is 2.95 bits per heavy atom. The molecule has 3 heterocycles. The number of benzene rings is 1. The second-order valence-corrected chi connectivity index (χ2v) is 6.23. The van der Waals surface area contributed by atoms with Crippen LogP contribution in [-0.4, -0.2) is 40.7 Å². The molecule has 2 saturated heterocycles. The highest BCUT2D eigenvalue weighted by atomic mass is 16.5. The molecule has 4 heteroatoms. The van der Waals surface area contributed by atoms with Gasteiger partial charge in [0, 0.05) is 25.0 Å². The molecule has 4 nitrogen and oxygen atoms in total. The van der Waals surface area contributed by atoms with Crippen molar-refractivity contribution >= 4 is 5.97 Å². The Labute approximate surface area is 118 Å². The van der Waals surface area contributed by atoms with Crippen molar-refractivity contribution in [2.75, 3.05) is 6.54 Å². The van der Waals surface area contributed by atoms with Gasteiger partial charge >= 0.3 is 5.97 Å². The monoisotopic (exact) mass is 273 g/mol. The second-order valence-electron chi connectivity index (χ2n) is 6.23. The van der Waals surface area contributed by atoms with Crippen LogP contribution in [0.5, 0.6) is 5.75 Å². The normalized spacial score (nSPS) is 35.0. The summed E-state index contributed by atoms with van der Waals surface area (Å²) in [5.41, 5.74) is 1.28. The average Bonchev–Trinajstić information content (AvgIpc) is 3.11. The van der Waals surface area contributed by atoms with Crippen LogP contribution >= 0.6 is 0 Å². The molecule has 4 unspecified atom stereocenters. The second kappa shape index (κ2) is 4.48. The number of hydrogen-bond donors (Lipinski definition) is 1. The van der Waals surface area contributed by atoms with Crippen molar-refractivity contribution < 1.29 is 14.6 Å². The van der Waals surface area contributed by atoms with Gasteiger partial charge in [-0.25, -0.2) is 0 Å². The van der Waals surface area contributed by atoms with Gasteiger partial charge in [-0.2, -0.15) is 0 Å². The largest absolute Gasteiger partial charge is 0.488 e. The number of carboxylic acids is 1. The fraction of sp³-hybridized carbons (Fsp3) is 0.562. The third-order valence-corrected chi connectivity index (χ3v) is 5.13. The first-order valence-corrected chi connectivity index (χ1v) is 7.45. The number of carbonyl (C=O) groups is 1. The fourth-order valence-corrected chi connectivity index (χ4v) is 4.24. The Morgan fingerprint density at radius 2 is 2.20 bits per heavy atom. The minimum atomic E-state index is -0.627. The van der Waals surface area contributed by atoms with Crippen LogP contribution in [0.15, 0.2) is 24.3 Å². The van der Waals surface area contributed by atoms with Crippen LogP contribution in [-0.2, 0) is 11.2 Å². The minimum Gasteiger partial charge on any atom is -0.488 e. The van der Waals surface area contributed by atoms with Gasteiger partial charge in [0.15, 0.2) is 0 Å². The molecule has 0 radical (unpaired) electrons. The molecule has 1 N–H and O–H groups in total. The van der Waals surface area contributed by atoms with Gasteiger partial charge in [0.2, 0.25) is 0 Å². The number of carboxylic acid groups (broad SMARTS) is 1. The molecule has 0 spiro atoms. The number of rotatable bonds is 3. The molecule has 4 atom stereocenters. The van der Waals surface area contributed by atoms with Gasteiger partial charge in [0.05, 0.1) is 5.92 Å². The number of ether oxygens (including phenoxy) is 1. The summed E-state index contributed by atoms with van der Waals surface area (Å²) in [7, 11) is 0. The molecular weight excluding hydrogens is 254 g/mol. The highest BCUT2D eigenvalue weighted by Crippen LogP contribution is 2.42. The Bertz CT molecular complexity index is 519. The summed E-state index contributed by atoms with van der Waals surface area (Å²) >= 11 is 0. The van der Waals surface area contributed by atoms with E-state index in [0.717, 1.165) is 38.0 Å². The van der Waals surface area contributed by atoms with Crippen molar-refractivity contribution in [3.05, 3.63) is 29.8 Å². The molecule has 2 bridgehead atoms. The predicted octanol–water partition coefficient (Wildman–Crippen LogP) is 1.93. The maximum absolute atomic E-state index is 11.3. The summed E-state index contributed by atoms with van der Waals surface area (Å²) in [4.78, 5) is 13.7. The zero-order chi connectivity index (χ0) is 13.7. The Balaban J connectivity index is 1.45. The maximum atomic E-state index is 11.3. The van der Waals surface area contributed by atoms with Crippen LogP contribution in [0.25, 0.3) is 0 Å². The van der Waals surface area contributed by atoms with E-state index in [0.29, 0.717) is 6.04 Å². The SMILES string of the molecule is O=C(O)C1CC2CCC1N2CC1Cc2ccccc2O1. The fourth-order valence-electron chi connectivity index (χ4n) is 4.24. The van der Waals surface area contributed by atoms with Crippen LogP contribution in [0.4, 0.5) is 0 Å². The molecule has 3 aliphatic rings. The van der Waals surface area contributed by atoms with Gasteiger partial charge in [-0.3, -0.25) is 9.69 Å². The Morgan fingerprint density at radius 1 is 1.35 bits per heavy atom. The van der Waals surface area contributed by atoms with Gasteiger partial charge in [-0.05, 0) is 30.9 Å². The summed E-state index contributed by atoms with van der Waals surface area (Å²) in [5.74, 6) is 0.203. The van der Waals surface area contributed by atoms with E-state index in [2.05, 4.69) is 11.0 Å². The van der Waals surface area contributed by atoms with E-state index < -0.39 is 5.97 Å². The van der Waals surface area contributed by atoms with E-state index in [1.807, 2.05) is 18.2 Å². The van der Waals surface area contributed by atoms with Crippen LogP contribution in [0, 0.1) is 5.92 Å². The number of hydrogen-bond acceptors (Lipinski definition) is 3. The summed E-state index contributed by atoms with van der Waals surface area (Å²) in [6, 6.07) is 8.87. The van der Waals surface area contributed by atoms with Crippen molar-refractivity contribution in [1.29, 1.82) is 0 Å². The van der Waals surface area contributed by atoms with Crippen LogP contribution < -0.4 is 4.74 Å². The molecule has 2 fully saturated rings. The predicted molar refractivity (Wildman–Crippen MR) is 73.8 cm³/mol. The molecule has 0 aromatic heterocycles. The molecule has 20 heavy (non-hydrogen) atoms. The van der Waals surface area contributed by atoms with Crippen molar-refractivity contribution in [3.8, 4) is 5.75 Å². The van der Waals surface area contributed by atoms with Gasteiger partial charge < -0.3 is 9.84 Å². The highest BCUT2D eigenvalue weighted by molar-refractivity contribution is 5.71. The molecule has 1 aromatic carbocycles. The summed E-state index contributed by atoms with van der Waals surface area (Å²) < 4.78 is 6.00. The van der Waals surface area contributed by atoms with Crippen LogP contribution in [0.2, 0.25) is 0 Å². The van der Waals surface area contributed by atoms with Gasteiger partial charge in [0.25, 0.3) is 0 Å².